The van der Waals surface area contributed by atoms with E-state index in [-0.39, 0.29) is 17.0 Å². The molecule has 2 N–H and O–H groups in total. The van der Waals surface area contributed by atoms with Crippen molar-refractivity contribution in [2.24, 2.45) is 0 Å². The van der Waals surface area contributed by atoms with Crippen molar-refractivity contribution >= 4 is 34.5 Å². The predicted molar refractivity (Wildman–Crippen MR) is 160 cm³/mol. The molecule has 9 nitrogen and oxygen atoms in total. The third-order valence-corrected chi connectivity index (χ3v) is 6.24. The molecule has 0 aliphatic rings. The van der Waals surface area contributed by atoms with Gasteiger partial charge in [0, 0.05) is 35.1 Å². The highest BCUT2D eigenvalue weighted by molar-refractivity contribution is 6.17. The third kappa shape index (κ3) is 6.84. The Labute approximate surface area is 243 Å². The van der Waals surface area contributed by atoms with E-state index >= 15 is 4.39 Å². The average molecular weight is 571 g/mol. The first-order chi connectivity index (χ1) is 20.2. The summed E-state index contributed by atoms with van der Waals surface area (Å²) in [7, 11) is 3.03. The van der Waals surface area contributed by atoms with Crippen molar-refractivity contribution < 1.29 is 28.2 Å². The van der Waals surface area contributed by atoms with Gasteiger partial charge >= 0.3 is 0 Å². The van der Waals surface area contributed by atoms with Crippen LogP contribution in [0.5, 0.6) is 23.0 Å². The first-order valence-corrected chi connectivity index (χ1v) is 12.9. The molecule has 1 amide bonds. The van der Waals surface area contributed by atoms with Gasteiger partial charge in [-0.15, -0.1) is 0 Å². The van der Waals surface area contributed by atoms with E-state index in [1.807, 2.05) is 37.3 Å². The first kappa shape index (κ1) is 29.6. The Bertz CT molecular complexity index is 1660. The Hall–Kier alpha value is -5.38. The number of hydrogen-bond donors (Lipinski definition) is 2. The van der Waals surface area contributed by atoms with Gasteiger partial charge in [-0.05, 0) is 50.2 Å². The number of amides is 1. The number of anilines is 2. The number of carbonyl (C=O) groups excluding carboxylic acids is 2. The van der Waals surface area contributed by atoms with E-state index in [2.05, 4.69) is 22.3 Å². The van der Waals surface area contributed by atoms with E-state index in [1.165, 1.54) is 32.5 Å². The lowest BCUT2D eigenvalue weighted by molar-refractivity contribution is -0.115. The van der Waals surface area contributed by atoms with Crippen molar-refractivity contribution in [2.75, 3.05) is 31.5 Å². The number of hydrazine groups is 1. The topological polar surface area (TPSA) is 102 Å². The normalized spacial score (nSPS) is 11.3. The maximum Gasteiger partial charge on any atom is 0.260 e. The zero-order valence-electron chi connectivity index (χ0n) is 23.7. The van der Waals surface area contributed by atoms with E-state index < -0.39 is 11.7 Å². The number of allylic oxidation sites excluding steroid dienone is 1. The summed E-state index contributed by atoms with van der Waals surface area (Å²) in [5.41, 5.74) is 5.71. The fourth-order valence-electron chi connectivity index (χ4n) is 4.14. The summed E-state index contributed by atoms with van der Waals surface area (Å²) in [6, 6.07) is 18.3. The standard InChI is InChI=1S/C32H31FN4O5/c1-20(2)18-37(36-22-9-7-6-8-10-22)21(3)25(19-38)32(39)35-23-11-12-29(26(33)15-23)42-28-13-14-34-27-17-31(41-5)30(40-4)16-24(27)28/h6-17,19,36H,1,18H2,2-5H3,(H,35,39)/b25-21+. The number of rotatable bonds is 12. The van der Waals surface area contributed by atoms with Crippen LogP contribution in [0, 0.1) is 5.82 Å². The summed E-state index contributed by atoms with van der Waals surface area (Å²) >= 11 is 0. The highest BCUT2D eigenvalue weighted by Gasteiger charge is 2.19. The summed E-state index contributed by atoms with van der Waals surface area (Å²) in [5, 5.41) is 4.84. The molecule has 42 heavy (non-hydrogen) atoms. The van der Waals surface area contributed by atoms with Crippen LogP contribution in [0.3, 0.4) is 0 Å². The van der Waals surface area contributed by atoms with Crippen molar-refractivity contribution in [3.63, 3.8) is 0 Å². The van der Waals surface area contributed by atoms with Crippen LogP contribution in [-0.4, -0.2) is 43.0 Å². The zero-order valence-corrected chi connectivity index (χ0v) is 23.7. The molecule has 1 aromatic heterocycles. The molecular formula is C32H31FN4O5. The van der Waals surface area contributed by atoms with E-state index in [9.17, 15) is 9.59 Å². The Kier molecular flexibility index (Phi) is 9.39. The number of methoxy groups -OCH3 is 2. The van der Waals surface area contributed by atoms with Crippen LogP contribution in [0.2, 0.25) is 0 Å². The molecule has 216 valence electrons. The van der Waals surface area contributed by atoms with Crippen molar-refractivity contribution in [1.82, 2.24) is 9.99 Å². The van der Waals surface area contributed by atoms with Crippen molar-refractivity contribution in [2.45, 2.75) is 13.8 Å². The van der Waals surface area contributed by atoms with E-state index in [4.69, 9.17) is 14.2 Å². The molecule has 1 heterocycles. The number of benzene rings is 3. The molecule has 0 saturated carbocycles. The van der Waals surface area contributed by atoms with Crippen LogP contribution in [0.4, 0.5) is 15.8 Å². The number of pyridine rings is 1. The van der Waals surface area contributed by atoms with E-state index in [0.717, 1.165) is 17.3 Å². The van der Waals surface area contributed by atoms with Gasteiger partial charge in [-0.2, -0.15) is 0 Å². The molecule has 0 spiro atoms. The maximum atomic E-state index is 15.2. The molecule has 4 rings (SSSR count). The second-order valence-electron chi connectivity index (χ2n) is 9.37. The van der Waals surface area contributed by atoms with Gasteiger partial charge in [-0.1, -0.05) is 30.4 Å². The van der Waals surface area contributed by atoms with Gasteiger partial charge in [0.25, 0.3) is 5.91 Å². The SMILES string of the molecule is C=C(C)CN(Nc1ccccc1)/C(C)=C(\C=O)C(=O)Nc1ccc(Oc2ccnc3cc(OC)c(OC)cc23)c(F)c1. The number of nitrogens with one attached hydrogen (secondary N) is 2. The minimum Gasteiger partial charge on any atom is -0.493 e. The number of halogens is 1. The number of aldehydes is 1. The van der Waals surface area contributed by atoms with Gasteiger partial charge < -0.3 is 19.5 Å². The lowest BCUT2D eigenvalue weighted by Crippen LogP contribution is -2.32. The number of ether oxygens (including phenoxy) is 3. The third-order valence-electron chi connectivity index (χ3n) is 6.24. The zero-order chi connectivity index (χ0) is 30.2. The summed E-state index contributed by atoms with van der Waals surface area (Å²) in [5.74, 6) is -0.172. The number of para-hydroxylation sites is 1. The lowest BCUT2D eigenvalue weighted by Gasteiger charge is -2.28. The highest BCUT2D eigenvalue weighted by atomic mass is 19.1. The van der Waals surface area contributed by atoms with Crippen LogP contribution < -0.4 is 25.0 Å². The molecule has 0 aliphatic carbocycles. The van der Waals surface area contributed by atoms with Crippen molar-refractivity contribution in [3.8, 4) is 23.0 Å². The van der Waals surface area contributed by atoms with Crippen LogP contribution in [-0.2, 0) is 9.59 Å². The van der Waals surface area contributed by atoms with Gasteiger partial charge in [0.05, 0.1) is 32.0 Å². The smallest absolute Gasteiger partial charge is 0.260 e. The van der Waals surface area contributed by atoms with E-state index in [0.29, 0.717) is 46.7 Å². The second kappa shape index (κ2) is 13.3. The fraction of sp³-hybridized carbons (Fsp3) is 0.156. The average Bonchev–Trinajstić information content (AvgIpc) is 2.98. The summed E-state index contributed by atoms with van der Waals surface area (Å²) in [4.78, 5) is 29.5. The highest BCUT2D eigenvalue weighted by Crippen LogP contribution is 2.37. The minimum atomic E-state index is -0.721. The van der Waals surface area contributed by atoms with Crippen LogP contribution in [0.1, 0.15) is 13.8 Å². The molecule has 4 aromatic rings. The predicted octanol–water partition coefficient (Wildman–Crippen LogP) is 6.50. The molecular weight excluding hydrogens is 539 g/mol. The van der Waals surface area contributed by atoms with Gasteiger partial charge in [-0.3, -0.25) is 25.0 Å². The quantitative estimate of drug-likeness (QED) is 0.0497. The number of hydrogen-bond acceptors (Lipinski definition) is 8. The summed E-state index contributed by atoms with van der Waals surface area (Å²) in [6.07, 6.45) is 2.00. The molecule has 0 saturated heterocycles. The van der Waals surface area contributed by atoms with Gasteiger partial charge in [0.1, 0.15) is 11.3 Å². The van der Waals surface area contributed by atoms with E-state index in [1.54, 1.807) is 30.1 Å². The molecule has 0 radical (unpaired) electrons. The monoisotopic (exact) mass is 570 g/mol. The van der Waals surface area contributed by atoms with Crippen LogP contribution in [0.15, 0.2) is 96.3 Å². The second-order valence-corrected chi connectivity index (χ2v) is 9.37. The van der Waals surface area contributed by atoms with Gasteiger partial charge in [0.2, 0.25) is 0 Å². The Morgan fingerprint density at radius 1 is 0.952 bits per heavy atom. The summed E-state index contributed by atoms with van der Waals surface area (Å²) < 4.78 is 31.7. The van der Waals surface area contributed by atoms with Crippen LogP contribution in [0.25, 0.3) is 10.9 Å². The number of nitrogens with zero attached hydrogens (tertiary/aromatic N) is 2. The molecule has 0 fully saturated rings. The summed E-state index contributed by atoms with van der Waals surface area (Å²) in [6.45, 7) is 7.75. The molecule has 0 atom stereocenters. The molecule has 10 heteroatoms. The Morgan fingerprint density at radius 3 is 2.31 bits per heavy atom. The van der Waals surface area contributed by atoms with Crippen LogP contribution >= 0.6 is 0 Å². The number of fused-ring (bicyclic) bond motifs is 1. The largest absolute Gasteiger partial charge is 0.493 e. The molecule has 0 bridgehead atoms. The number of carbonyl (C=O) groups is 2. The first-order valence-electron chi connectivity index (χ1n) is 12.9. The van der Waals surface area contributed by atoms with Gasteiger partial charge in [-0.25, -0.2) is 4.39 Å². The minimum absolute atomic E-state index is 0.0719. The fourth-order valence-corrected chi connectivity index (χ4v) is 4.14. The molecule has 0 aliphatic heterocycles. The Morgan fingerprint density at radius 2 is 1.67 bits per heavy atom. The van der Waals surface area contributed by atoms with Crippen molar-refractivity contribution in [3.05, 3.63) is 102 Å². The lowest BCUT2D eigenvalue weighted by atomic mass is 10.1. The Balaban J connectivity index is 1.56. The maximum absolute atomic E-state index is 15.2. The van der Waals surface area contributed by atoms with Crippen molar-refractivity contribution in [1.29, 1.82) is 0 Å². The molecule has 3 aromatic carbocycles. The molecule has 0 unspecified atom stereocenters. The number of aromatic nitrogens is 1. The van der Waals surface area contributed by atoms with Gasteiger partial charge in [0.15, 0.2) is 29.4 Å².